The summed E-state index contributed by atoms with van der Waals surface area (Å²) in [6.45, 7) is 3.64. The molecule has 0 saturated carbocycles. The summed E-state index contributed by atoms with van der Waals surface area (Å²) in [7, 11) is 0. The molecule has 0 fully saturated rings. The third kappa shape index (κ3) is 2.42. The first kappa shape index (κ1) is 13.1. The summed E-state index contributed by atoms with van der Waals surface area (Å²) >= 11 is 1.33. The Labute approximate surface area is 108 Å². The monoisotopic (exact) mass is 269 g/mol. The summed E-state index contributed by atoms with van der Waals surface area (Å²) in [4.78, 5) is 4.28. The van der Waals surface area contributed by atoms with E-state index in [1.807, 2.05) is 13.8 Å². The highest BCUT2D eigenvalue weighted by molar-refractivity contribution is 7.10. The zero-order valence-electron chi connectivity index (χ0n) is 10.1. The van der Waals surface area contributed by atoms with Gasteiger partial charge in [-0.2, -0.15) is 0 Å². The van der Waals surface area contributed by atoms with Crippen LogP contribution in [0.4, 0.5) is 8.78 Å². The van der Waals surface area contributed by atoms with Gasteiger partial charge in [-0.05, 0) is 18.2 Å². The molecule has 1 aromatic heterocycles. The Morgan fingerprint density at radius 2 is 2.06 bits per heavy atom. The van der Waals surface area contributed by atoms with Crippen molar-refractivity contribution in [2.24, 2.45) is 0 Å². The Kier molecular flexibility index (Phi) is 3.45. The van der Waals surface area contributed by atoms with Gasteiger partial charge in [-0.3, -0.25) is 0 Å². The molecule has 0 aliphatic carbocycles. The van der Waals surface area contributed by atoms with E-state index in [0.717, 1.165) is 18.2 Å². The third-order valence-electron chi connectivity index (χ3n) is 2.68. The second-order valence-electron chi connectivity index (χ2n) is 4.70. The van der Waals surface area contributed by atoms with Crippen LogP contribution in [0.1, 0.15) is 18.9 Å². The largest absolute Gasteiger partial charge is 0.395 e. The van der Waals surface area contributed by atoms with Crippen molar-refractivity contribution in [3.63, 3.8) is 0 Å². The van der Waals surface area contributed by atoms with Crippen molar-refractivity contribution < 1.29 is 13.9 Å². The fourth-order valence-corrected chi connectivity index (χ4v) is 2.41. The zero-order chi connectivity index (χ0) is 13.3. The molecule has 1 aromatic carbocycles. The minimum absolute atomic E-state index is 0.0500. The van der Waals surface area contributed by atoms with Crippen LogP contribution in [0.3, 0.4) is 0 Å². The van der Waals surface area contributed by atoms with Crippen molar-refractivity contribution in [1.82, 2.24) is 4.98 Å². The average molecular weight is 269 g/mol. The van der Waals surface area contributed by atoms with E-state index >= 15 is 0 Å². The van der Waals surface area contributed by atoms with E-state index in [4.69, 9.17) is 0 Å². The lowest BCUT2D eigenvalue weighted by Crippen LogP contribution is -2.21. The molecule has 0 unspecified atom stereocenters. The van der Waals surface area contributed by atoms with Gasteiger partial charge in [0, 0.05) is 16.4 Å². The molecule has 0 atom stereocenters. The van der Waals surface area contributed by atoms with Crippen LogP contribution in [0.25, 0.3) is 11.3 Å². The highest BCUT2D eigenvalue weighted by atomic mass is 32.1. The lowest BCUT2D eigenvalue weighted by Gasteiger charge is -2.17. The molecule has 0 amide bonds. The molecule has 5 heteroatoms. The van der Waals surface area contributed by atoms with Crippen LogP contribution in [0, 0.1) is 11.6 Å². The third-order valence-corrected chi connectivity index (χ3v) is 3.89. The summed E-state index contributed by atoms with van der Waals surface area (Å²) in [6, 6.07) is 3.28. The number of benzene rings is 1. The molecule has 96 valence electrons. The minimum Gasteiger partial charge on any atom is -0.395 e. The van der Waals surface area contributed by atoms with Gasteiger partial charge in [-0.25, -0.2) is 13.8 Å². The number of halogens is 2. The number of aliphatic hydroxyl groups excluding tert-OH is 1. The van der Waals surface area contributed by atoms with Gasteiger partial charge in [0.1, 0.15) is 16.6 Å². The van der Waals surface area contributed by atoms with Crippen LogP contribution < -0.4 is 0 Å². The second kappa shape index (κ2) is 4.74. The van der Waals surface area contributed by atoms with Gasteiger partial charge < -0.3 is 5.11 Å². The molecular formula is C13H13F2NOS. The molecule has 0 aliphatic rings. The number of hydrogen-bond acceptors (Lipinski definition) is 3. The van der Waals surface area contributed by atoms with Gasteiger partial charge >= 0.3 is 0 Å². The molecule has 2 aromatic rings. The Balaban J connectivity index is 2.44. The number of aliphatic hydroxyl groups is 1. The maximum Gasteiger partial charge on any atom is 0.132 e. The van der Waals surface area contributed by atoms with E-state index < -0.39 is 17.0 Å². The van der Waals surface area contributed by atoms with Crippen molar-refractivity contribution in [2.75, 3.05) is 6.61 Å². The molecule has 0 bridgehead atoms. The number of aromatic nitrogens is 1. The molecule has 2 nitrogen and oxygen atoms in total. The topological polar surface area (TPSA) is 33.1 Å². The van der Waals surface area contributed by atoms with Crippen LogP contribution in [0.5, 0.6) is 0 Å². The van der Waals surface area contributed by atoms with Crippen LogP contribution in [0.15, 0.2) is 23.6 Å². The van der Waals surface area contributed by atoms with Gasteiger partial charge in [0.2, 0.25) is 0 Å². The van der Waals surface area contributed by atoms with Crippen LogP contribution in [-0.2, 0) is 5.41 Å². The smallest absolute Gasteiger partial charge is 0.132 e. The maximum atomic E-state index is 13.6. The van der Waals surface area contributed by atoms with Crippen molar-refractivity contribution in [3.8, 4) is 11.3 Å². The Hall–Kier alpha value is -1.33. The molecule has 2 rings (SSSR count). The van der Waals surface area contributed by atoms with Gasteiger partial charge in [-0.1, -0.05) is 13.8 Å². The van der Waals surface area contributed by atoms with Gasteiger partial charge in [0.15, 0.2) is 0 Å². The highest BCUT2D eigenvalue weighted by Gasteiger charge is 2.24. The van der Waals surface area contributed by atoms with Crippen LogP contribution in [0.2, 0.25) is 0 Å². The van der Waals surface area contributed by atoms with Crippen LogP contribution >= 0.6 is 11.3 Å². The maximum absolute atomic E-state index is 13.6. The fourth-order valence-electron chi connectivity index (χ4n) is 1.47. The summed E-state index contributed by atoms with van der Waals surface area (Å²) in [5.74, 6) is -1.00. The first-order valence-electron chi connectivity index (χ1n) is 5.46. The number of thiazole rings is 1. The van der Waals surface area contributed by atoms with E-state index in [1.165, 1.54) is 11.3 Å². The summed E-state index contributed by atoms with van der Waals surface area (Å²) in [6.07, 6.45) is 0. The van der Waals surface area contributed by atoms with E-state index in [1.54, 1.807) is 5.38 Å². The molecule has 1 heterocycles. The van der Waals surface area contributed by atoms with Gasteiger partial charge in [0.05, 0.1) is 12.3 Å². The lowest BCUT2D eigenvalue weighted by molar-refractivity contribution is 0.218. The molecule has 0 radical (unpaired) electrons. The van der Waals surface area contributed by atoms with Crippen LogP contribution in [-0.4, -0.2) is 16.7 Å². The van der Waals surface area contributed by atoms with Gasteiger partial charge in [-0.15, -0.1) is 11.3 Å². The molecule has 0 aliphatic heterocycles. The predicted octanol–water partition coefficient (Wildman–Crippen LogP) is 3.36. The minimum atomic E-state index is -0.505. The summed E-state index contributed by atoms with van der Waals surface area (Å²) < 4.78 is 26.7. The predicted molar refractivity (Wildman–Crippen MR) is 67.6 cm³/mol. The second-order valence-corrected chi connectivity index (χ2v) is 5.56. The first-order chi connectivity index (χ1) is 8.44. The zero-order valence-corrected chi connectivity index (χ0v) is 10.9. The van der Waals surface area contributed by atoms with Gasteiger partial charge in [0.25, 0.3) is 0 Å². The standard InChI is InChI=1S/C13H13F2NOS/c1-13(2,7-17)12-16-11(6-18-12)9-5-8(14)3-4-10(9)15/h3-6,17H,7H2,1-2H3. The van der Waals surface area contributed by atoms with E-state index in [0.29, 0.717) is 10.7 Å². The number of nitrogens with zero attached hydrogens (tertiary/aromatic N) is 1. The first-order valence-corrected chi connectivity index (χ1v) is 6.34. The number of hydrogen-bond donors (Lipinski definition) is 1. The van der Waals surface area contributed by atoms with Crippen molar-refractivity contribution >= 4 is 11.3 Å². The highest BCUT2D eigenvalue weighted by Crippen LogP contribution is 2.31. The summed E-state index contributed by atoms with van der Waals surface area (Å²) in [5, 5.41) is 11.6. The molecule has 18 heavy (non-hydrogen) atoms. The van der Waals surface area contributed by atoms with Crippen molar-refractivity contribution in [1.29, 1.82) is 0 Å². The Morgan fingerprint density at radius 1 is 1.33 bits per heavy atom. The SMILES string of the molecule is CC(C)(CO)c1nc(-c2cc(F)ccc2F)cs1. The lowest BCUT2D eigenvalue weighted by atomic mass is 9.96. The average Bonchev–Trinajstić information content (AvgIpc) is 2.82. The van der Waals surface area contributed by atoms with Crippen molar-refractivity contribution in [3.05, 3.63) is 40.2 Å². The Bertz CT molecular complexity index is 566. The normalized spacial score (nSPS) is 11.8. The van der Waals surface area contributed by atoms with Crippen molar-refractivity contribution in [2.45, 2.75) is 19.3 Å². The Morgan fingerprint density at radius 3 is 2.72 bits per heavy atom. The molecule has 0 spiro atoms. The molecular weight excluding hydrogens is 256 g/mol. The van der Waals surface area contributed by atoms with E-state index in [2.05, 4.69) is 4.98 Å². The summed E-state index contributed by atoms with van der Waals surface area (Å²) in [5.41, 5.74) is 0.0620. The quantitative estimate of drug-likeness (QED) is 0.926. The van der Waals surface area contributed by atoms with E-state index in [9.17, 15) is 13.9 Å². The van der Waals surface area contributed by atoms with E-state index in [-0.39, 0.29) is 12.2 Å². The number of rotatable bonds is 3. The fraction of sp³-hybridized carbons (Fsp3) is 0.308. The molecule has 0 saturated heterocycles. The molecule has 1 N–H and O–H groups in total.